The Hall–Kier alpha value is -2.98. The van der Waals surface area contributed by atoms with E-state index in [0.29, 0.717) is 33.9 Å². The molecule has 0 amide bonds. The van der Waals surface area contributed by atoms with Gasteiger partial charge in [0.05, 0.1) is 12.2 Å². The molecule has 1 N–H and O–H groups in total. The average molecular weight is 541 g/mol. The van der Waals surface area contributed by atoms with E-state index in [1.807, 2.05) is 23.7 Å². The lowest BCUT2D eigenvalue weighted by atomic mass is 10.1. The van der Waals surface area contributed by atoms with E-state index in [9.17, 15) is 14.4 Å². The Morgan fingerprint density at radius 3 is 2.78 bits per heavy atom. The zero-order valence-corrected chi connectivity index (χ0v) is 22.7. The van der Waals surface area contributed by atoms with E-state index in [0.717, 1.165) is 55.3 Å². The number of carbonyl (C=O) groups is 1. The molecule has 2 aromatic heterocycles. The molecule has 0 bridgehead atoms. The number of halogens is 1. The number of aldehydes is 1. The van der Waals surface area contributed by atoms with Gasteiger partial charge < -0.3 is 9.69 Å². The third kappa shape index (κ3) is 4.96. The fourth-order valence-corrected chi connectivity index (χ4v) is 6.80. The fraction of sp³-hybridized carbons (Fsp3) is 0.440. The van der Waals surface area contributed by atoms with Crippen LogP contribution in [0.3, 0.4) is 0 Å². The van der Waals surface area contributed by atoms with Crippen LogP contribution in [0.2, 0.25) is 0 Å². The highest BCUT2D eigenvalue weighted by Gasteiger charge is 2.36. The SMILES string of the molecule is CCc1nc2n(c1N(C)c1nc(-c3ccc(F)cc3)c(C#N)s1)NC(N1CCCC(N(C)CC=O)C1)S2. The van der Waals surface area contributed by atoms with Crippen molar-refractivity contribution in [3.05, 3.63) is 40.7 Å². The zero-order valence-electron chi connectivity index (χ0n) is 21.0. The van der Waals surface area contributed by atoms with Crippen molar-refractivity contribution in [2.24, 2.45) is 0 Å². The molecule has 0 aliphatic carbocycles. The summed E-state index contributed by atoms with van der Waals surface area (Å²) in [5.74, 6) is 0.564. The average Bonchev–Trinajstić information content (AvgIpc) is 3.61. The van der Waals surface area contributed by atoms with Gasteiger partial charge in [-0.15, -0.1) is 0 Å². The van der Waals surface area contributed by atoms with E-state index in [1.54, 1.807) is 23.9 Å². The zero-order chi connectivity index (χ0) is 26.1. The molecule has 0 radical (unpaired) electrons. The van der Waals surface area contributed by atoms with E-state index in [2.05, 4.69) is 28.2 Å². The quantitative estimate of drug-likeness (QED) is 0.427. The topological polar surface area (TPSA) is 93.3 Å². The molecular formula is C25H29FN8OS2. The number of thioether (sulfide) groups is 1. The molecule has 2 aliphatic rings. The summed E-state index contributed by atoms with van der Waals surface area (Å²) in [6, 6.07) is 8.62. The van der Waals surface area contributed by atoms with Crippen LogP contribution >= 0.6 is 23.1 Å². The van der Waals surface area contributed by atoms with Gasteiger partial charge in [-0.1, -0.05) is 18.3 Å². The number of nitrogens with zero attached hydrogens (tertiary/aromatic N) is 7. The number of thiazole rings is 1. The summed E-state index contributed by atoms with van der Waals surface area (Å²) in [5.41, 5.74) is 5.86. The number of nitrogens with one attached hydrogen (secondary N) is 1. The number of aryl methyl sites for hydroxylation is 1. The monoisotopic (exact) mass is 540 g/mol. The molecule has 194 valence electrons. The molecule has 3 aromatic rings. The number of likely N-dealkylation sites (N-methyl/N-ethyl adjacent to an activating group) is 1. The predicted molar refractivity (Wildman–Crippen MR) is 144 cm³/mol. The van der Waals surface area contributed by atoms with Gasteiger partial charge in [-0.3, -0.25) is 15.2 Å². The summed E-state index contributed by atoms with van der Waals surface area (Å²) in [6.45, 7) is 4.37. The first-order chi connectivity index (χ1) is 17.9. The van der Waals surface area contributed by atoms with Crippen molar-refractivity contribution >= 4 is 40.3 Å². The van der Waals surface area contributed by atoms with Gasteiger partial charge in [-0.25, -0.2) is 19.0 Å². The molecule has 2 unspecified atom stereocenters. The van der Waals surface area contributed by atoms with E-state index in [4.69, 9.17) is 9.97 Å². The summed E-state index contributed by atoms with van der Waals surface area (Å²) in [6.07, 6.45) is 3.86. The first kappa shape index (κ1) is 25.7. The number of aromatic nitrogens is 3. The van der Waals surface area contributed by atoms with Crippen LogP contribution in [-0.4, -0.2) is 76.0 Å². The Labute approximate surface area is 223 Å². The van der Waals surface area contributed by atoms with Gasteiger partial charge in [-0.05, 0) is 62.3 Å². The summed E-state index contributed by atoms with van der Waals surface area (Å²) in [5, 5.41) is 11.3. The number of carbonyl (C=O) groups excluding carboxylic acids is 1. The Bertz CT molecular complexity index is 1320. The van der Waals surface area contributed by atoms with Crippen molar-refractivity contribution < 1.29 is 9.18 Å². The molecule has 1 fully saturated rings. The van der Waals surface area contributed by atoms with Crippen LogP contribution in [0.25, 0.3) is 11.3 Å². The van der Waals surface area contributed by atoms with Gasteiger partial charge in [-0.2, -0.15) is 5.26 Å². The van der Waals surface area contributed by atoms with Crippen LogP contribution in [0.15, 0.2) is 29.4 Å². The molecule has 0 spiro atoms. The number of hydrogen-bond acceptors (Lipinski definition) is 10. The van der Waals surface area contributed by atoms with Crippen molar-refractivity contribution in [1.82, 2.24) is 24.4 Å². The molecule has 0 saturated carbocycles. The van der Waals surface area contributed by atoms with Gasteiger partial charge in [0.15, 0.2) is 16.1 Å². The van der Waals surface area contributed by atoms with E-state index in [1.165, 1.54) is 23.5 Å². The lowest BCUT2D eigenvalue weighted by molar-refractivity contribution is -0.109. The van der Waals surface area contributed by atoms with Gasteiger partial charge >= 0.3 is 0 Å². The highest BCUT2D eigenvalue weighted by atomic mass is 32.2. The molecule has 9 nitrogen and oxygen atoms in total. The maximum Gasteiger partial charge on any atom is 0.192 e. The largest absolute Gasteiger partial charge is 0.304 e. The Morgan fingerprint density at radius 2 is 2.08 bits per heavy atom. The number of benzene rings is 1. The fourth-order valence-electron chi connectivity index (χ4n) is 4.85. The molecule has 12 heteroatoms. The van der Waals surface area contributed by atoms with Crippen molar-refractivity contribution in [2.45, 2.75) is 42.9 Å². The predicted octanol–water partition coefficient (Wildman–Crippen LogP) is 3.88. The third-order valence-electron chi connectivity index (χ3n) is 6.87. The van der Waals surface area contributed by atoms with Crippen LogP contribution in [0.4, 0.5) is 15.3 Å². The highest BCUT2D eigenvalue weighted by molar-refractivity contribution is 8.00. The number of likely N-dealkylation sites (tertiary alicyclic amines) is 1. The molecule has 2 atom stereocenters. The second-order valence-electron chi connectivity index (χ2n) is 9.20. The van der Waals surface area contributed by atoms with Crippen LogP contribution in [-0.2, 0) is 11.2 Å². The van der Waals surface area contributed by atoms with Crippen molar-refractivity contribution in [2.75, 3.05) is 44.1 Å². The summed E-state index contributed by atoms with van der Waals surface area (Å²) >= 11 is 3.00. The first-order valence-corrected chi connectivity index (χ1v) is 14.0. The standard InChI is InChI=1S/C25H29FN8OS2/c1-4-19-22(32(3)23-29-21(20(14-27)36-23)16-7-9-17(26)10-8-16)34-24(28-19)37-25(30-34)33-11-5-6-18(15-33)31(2)12-13-35/h7-10,13,18,25,30H,4-6,11-12,15H2,1-3H3. The van der Waals surface area contributed by atoms with Crippen molar-refractivity contribution in [1.29, 1.82) is 5.26 Å². The van der Waals surface area contributed by atoms with E-state index in [-0.39, 0.29) is 11.3 Å². The number of anilines is 2. The molecule has 4 heterocycles. The van der Waals surface area contributed by atoms with Crippen LogP contribution in [0, 0.1) is 17.1 Å². The lowest BCUT2D eigenvalue weighted by Gasteiger charge is -2.39. The number of hydrogen-bond donors (Lipinski definition) is 1. The van der Waals surface area contributed by atoms with Crippen LogP contribution in [0.5, 0.6) is 0 Å². The third-order valence-corrected chi connectivity index (χ3v) is 9.02. The second-order valence-corrected chi connectivity index (χ2v) is 11.2. The number of imidazole rings is 1. The number of piperidine rings is 1. The Morgan fingerprint density at radius 1 is 1.30 bits per heavy atom. The Kier molecular flexibility index (Phi) is 7.48. The maximum atomic E-state index is 13.4. The summed E-state index contributed by atoms with van der Waals surface area (Å²) in [7, 11) is 3.94. The molecule has 2 aliphatic heterocycles. The van der Waals surface area contributed by atoms with Gasteiger partial charge in [0.2, 0.25) is 0 Å². The number of nitriles is 1. The molecule has 37 heavy (non-hydrogen) atoms. The maximum absolute atomic E-state index is 13.4. The molecule has 1 saturated heterocycles. The Balaban J connectivity index is 1.40. The van der Waals surface area contributed by atoms with Crippen molar-refractivity contribution in [3.63, 3.8) is 0 Å². The number of fused-ring (bicyclic) bond motifs is 1. The molecule has 1 aromatic carbocycles. The summed E-state index contributed by atoms with van der Waals surface area (Å²) < 4.78 is 15.5. The first-order valence-electron chi connectivity index (χ1n) is 12.3. The lowest BCUT2D eigenvalue weighted by Crippen LogP contribution is -2.51. The molecular weight excluding hydrogens is 511 g/mol. The van der Waals surface area contributed by atoms with Crippen LogP contribution < -0.4 is 10.3 Å². The normalized spacial score (nSPS) is 19.5. The van der Waals surface area contributed by atoms with E-state index < -0.39 is 0 Å². The number of rotatable bonds is 8. The van der Waals surface area contributed by atoms with Gasteiger partial charge in [0.1, 0.15) is 34.2 Å². The van der Waals surface area contributed by atoms with Gasteiger partial charge in [0.25, 0.3) is 0 Å². The van der Waals surface area contributed by atoms with E-state index >= 15 is 0 Å². The van der Waals surface area contributed by atoms with Gasteiger partial charge in [0, 0.05) is 31.7 Å². The molecule has 5 rings (SSSR count). The summed E-state index contributed by atoms with van der Waals surface area (Å²) in [4.78, 5) is 27.7. The van der Waals surface area contributed by atoms with Crippen molar-refractivity contribution in [3.8, 4) is 17.3 Å². The minimum absolute atomic E-state index is 0.0359. The minimum Gasteiger partial charge on any atom is -0.304 e. The smallest absolute Gasteiger partial charge is 0.192 e. The highest BCUT2D eigenvalue weighted by Crippen LogP contribution is 2.41. The minimum atomic E-state index is -0.328. The second kappa shape index (κ2) is 10.8. The van der Waals surface area contributed by atoms with Crippen LogP contribution in [0.1, 0.15) is 30.3 Å².